The zero-order valence-corrected chi connectivity index (χ0v) is 15.2. The number of hydrogen-bond acceptors (Lipinski definition) is 3. The lowest BCUT2D eigenvalue weighted by molar-refractivity contribution is 0.0941. The van der Waals surface area contributed by atoms with Gasteiger partial charge in [-0.3, -0.25) is 9.48 Å². The third kappa shape index (κ3) is 3.27. The summed E-state index contributed by atoms with van der Waals surface area (Å²) in [7, 11) is 0. The second-order valence-corrected chi connectivity index (χ2v) is 6.31. The van der Waals surface area contributed by atoms with Crippen molar-refractivity contribution in [1.82, 2.24) is 20.1 Å². The Labute approximate surface area is 148 Å². The summed E-state index contributed by atoms with van der Waals surface area (Å²) in [5, 5.41) is 8.33. The number of carbonyl (C=O) groups is 1. The Balaban J connectivity index is 2.15. The molecular formula is C20H24N4O. The van der Waals surface area contributed by atoms with Crippen LogP contribution in [0.4, 0.5) is 0 Å². The van der Waals surface area contributed by atoms with Crippen molar-refractivity contribution in [3.8, 4) is 11.3 Å². The zero-order chi connectivity index (χ0) is 18.0. The molecule has 1 atom stereocenters. The average molecular weight is 336 g/mol. The number of hydrogen-bond donors (Lipinski definition) is 1. The molecule has 3 rings (SSSR count). The van der Waals surface area contributed by atoms with Gasteiger partial charge in [0.2, 0.25) is 0 Å². The predicted octanol–water partition coefficient (Wildman–Crippen LogP) is 3.95. The SMILES string of the molecule is CCC(C)NC(=O)c1cc(-c2cnn(CC)c2C)nc2ccccc12. The van der Waals surface area contributed by atoms with Gasteiger partial charge in [0, 0.05) is 29.2 Å². The van der Waals surface area contributed by atoms with Crippen molar-refractivity contribution in [3.05, 3.63) is 47.8 Å². The third-order valence-electron chi connectivity index (χ3n) is 4.63. The molecule has 130 valence electrons. The quantitative estimate of drug-likeness (QED) is 0.767. The van der Waals surface area contributed by atoms with Gasteiger partial charge in [-0.2, -0.15) is 5.10 Å². The lowest BCUT2D eigenvalue weighted by Crippen LogP contribution is -2.32. The van der Waals surface area contributed by atoms with Gasteiger partial charge in [-0.15, -0.1) is 0 Å². The highest BCUT2D eigenvalue weighted by Gasteiger charge is 2.17. The fourth-order valence-electron chi connectivity index (χ4n) is 2.92. The molecule has 0 aliphatic heterocycles. The van der Waals surface area contributed by atoms with Crippen molar-refractivity contribution in [1.29, 1.82) is 0 Å². The van der Waals surface area contributed by atoms with Gasteiger partial charge in [0.05, 0.1) is 23.0 Å². The van der Waals surface area contributed by atoms with Crippen LogP contribution < -0.4 is 5.32 Å². The van der Waals surface area contributed by atoms with Crippen LogP contribution >= 0.6 is 0 Å². The number of rotatable bonds is 5. The highest BCUT2D eigenvalue weighted by molar-refractivity contribution is 6.07. The van der Waals surface area contributed by atoms with Gasteiger partial charge in [-0.1, -0.05) is 25.1 Å². The topological polar surface area (TPSA) is 59.8 Å². The van der Waals surface area contributed by atoms with Gasteiger partial charge in [-0.25, -0.2) is 4.98 Å². The maximum Gasteiger partial charge on any atom is 0.252 e. The van der Waals surface area contributed by atoms with Crippen molar-refractivity contribution in [2.75, 3.05) is 0 Å². The number of nitrogens with zero attached hydrogens (tertiary/aromatic N) is 3. The molecule has 0 spiro atoms. The monoisotopic (exact) mass is 336 g/mol. The van der Waals surface area contributed by atoms with Crippen LogP contribution in [0, 0.1) is 6.92 Å². The summed E-state index contributed by atoms with van der Waals surface area (Å²) < 4.78 is 1.94. The second kappa shape index (κ2) is 7.05. The van der Waals surface area contributed by atoms with E-state index in [1.54, 1.807) is 0 Å². The molecule has 0 aliphatic rings. The molecule has 25 heavy (non-hydrogen) atoms. The van der Waals surface area contributed by atoms with Gasteiger partial charge in [-0.05, 0) is 39.3 Å². The fourth-order valence-corrected chi connectivity index (χ4v) is 2.92. The Kier molecular flexibility index (Phi) is 4.83. The van der Waals surface area contributed by atoms with Gasteiger partial charge < -0.3 is 5.32 Å². The Bertz CT molecular complexity index is 913. The number of pyridine rings is 1. The van der Waals surface area contributed by atoms with E-state index < -0.39 is 0 Å². The Hall–Kier alpha value is -2.69. The Morgan fingerprint density at radius 2 is 2.04 bits per heavy atom. The van der Waals surface area contributed by atoms with Gasteiger partial charge in [0.15, 0.2) is 0 Å². The highest BCUT2D eigenvalue weighted by atomic mass is 16.1. The first kappa shape index (κ1) is 17.1. The van der Waals surface area contributed by atoms with Crippen LogP contribution in [0.5, 0.6) is 0 Å². The van der Waals surface area contributed by atoms with Gasteiger partial charge in [0.25, 0.3) is 5.91 Å². The number of carbonyl (C=O) groups excluding carboxylic acids is 1. The lowest BCUT2D eigenvalue weighted by atomic mass is 10.0. The summed E-state index contributed by atoms with van der Waals surface area (Å²) in [5.74, 6) is -0.0604. The number of benzene rings is 1. The number of aryl methyl sites for hydroxylation is 1. The molecular weight excluding hydrogens is 312 g/mol. The summed E-state index contributed by atoms with van der Waals surface area (Å²) >= 11 is 0. The van der Waals surface area contributed by atoms with E-state index in [-0.39, 0.29) is 11.9 Å². The average Bonchev–Trinajstić information content (AvgIpc) is 3.01. The minimum atomic E-state index is -0.0604. The van der Waals surface area contributed by atoms with E-state index in [0.29, 0.717) is 5.56 Å². The maximum atomic E-state index is 12.8. The molecule has 1 unspecified atom stereocenters. The number of para-hydroxylation sites is 1. The second-order valence-electron chi connectivity index (χ2n) is 6.31. The van der Waals surface area contributed by atoms with Crippen LogP contribution in [0.25, 0.3) is 22.2 Å². The van der Waals surface area contributed by atoms with Crippen molar-refractivity contribution in [2.24, 2.45) is 0 Å². The van der Waals surface area contributed by atoms with E-state index in [2.05, 4.69) is 24.3 Å². The van der Waals surface area contributed by atoms with E-state index in [0.717, 1.165) is 40.8 Å². The van der Waals surface area contributed by atoms with Crippen molar-refractivity contribution < 1.29 is 4.79 Å². The molecule has 0 fully saturated rings. The fraction of sp³-hybridized carbons (Fsp3) is 0.350. The third-order valence-corrected chi connectivity index (χ3v) is 4.63. The largest absolute Gasteiger partial charge is 0.350 e. The van der Waals surface area contributed by atoms with Crippen molar-refractivity contribution in [3.63, 3.8) is 0 Å². The van der Waals surface area contributed by atoms with Crippen LogP contribution in [0.1, 0.15) is 43.2 Å². The van der Waals surface area contributed by atoms with E-state index >= 15 is 0 Å². The first-order chi connectivity index (χ1) is 12.0. The number of aromatic nitrogens is 3. The normalized spacial score (nSPS) is 12.3. The van der Waals surface area contributed by atoms with E-state index in [1.165, 1.54) is 0 Å². The van der Waals surface area contributed by atoms with E-state index in [9.17, 15) is 4.79 Å². The molecule has 1 amide bonds. The molecule has 3 aromatic rings. The van der Waals surface area contributed by atoms with Crippen LogP contribution in [0.3, 0.4) is 0 Å². The number of amides is 1. The maximum absolute atomic E-state index is 12.8. The van der Waals surface area contributed by atoms with E-state index in [1.807, 2.05) is 55.1 Å². The molecule has 5 nitrogen and oxygen atoms in total. The Morgan fingerprint density at radius 3 is 2.72 bits per heavy atom. The smallest absolute Gasteiger partial charge is 0.252 e. The molecule has 2 heterocycles. The summed E-state index contributed by atoms with van der Waals surface area (Å²) in [5.41, 5.74) is 4.27. The minimum absolute atomic E-state index is 0.0604. The van der Waals surface area contributed by atoms with Crippen LogP contribution in [0.2, 0.25) is 0 Å². The number of fused-ring (bicyclic) bond motifs is 1. The molecule has 2 aromatic heterocycles. The van der Waals surface area contributed by atoms with Crippen LogP contribution in [0.15, 0.2) is 36.5 Å². The van der Waals surface area contributed by atoms with Crippen molar-refractivity contribution in [2.45, 2.75) is 46.7 Å². The lowest BCUT2D eigenvalue weighted by Gasteiger charge is -2.14. The molecule has 1 N–H and O–H groups in total. The van der Waals surface area contributed by atoms with Crippen molar-refractivity contribution >= 4 is 16.8 Å². The van der Waals surface area contributed by atoms with Gasteiger partial charge >= 0.3 is 0 Å². The summed E-state index contributed by atoms with van der Waals surface area (Å²) in [6.45, 7) is 8.96. The van der Waals surface area contributed by atoms with Crippen LogP contribution in [-0.4, -0.2) is 26.7 Å². The molecule has 0 aliphatic carbocycles. The molecule has 1 aromatic carbocycles. The molecule has 5 heteroatoms. The zero-order valence-electron chi connectivity index (χ0n) is 15.2. The summed E-state index contributed by atoms with van der Waals surface area (Å²) in [6.07, 6.45) is 2.72. The first-order valence-corrected chi connectivity index (χ1v) is 8.78. The number of nitrogens with one attached hydrogen (secondary N) is 1. The predicted molar refractivity (Wildman–Crippen MR) is 101 cm³/mol. The van der Waals surface area contributed by atoms with E-state index in [4.69, 9.17) is 4.98 Å². The summed E-state index contributed by atoms with van der Waals surface area (Å²) in [6, 6.07) is 9.78. The molecule has 0 radical (unpaired) electrons. The molecule has 0 saturated heterocycles. The highest BCUT2D eigenvalue weighted by Crippen LogP contribution is 2.27. The first-order valence-electron chi connectivity index (χ1n) is 8.78. The van der Waals surface area contributed by atoms with Gasteiger partial charge in [0.1, 0.15) is 0 Å². The Morgan fingerprint density at radius 1 is 1.28 bits per heavy atom. The minimum Gasteiger partial charge on any atom is -0.350 e. The molecule has 0 bridgehead atoms. The molecule has 0 saturated carbocycles. The standard InChI is InChI=1S/C20H24N4O/c1-5-13(3)22-20(25)16-11-19(17-12-21-24(6-2)14(17)4)23-18-10-8-7-9-15(16)18/h7-13H,5-6H2,1-4H3,(H,22,25). The summed E-state index contributed by atoms with van der Waals surface area (Å²) in [4.78, 5) is 17.6. The van der Waals surface area contributed by atoms with Crippen LogP contribution in [-0.2, 0) is 6.54 Å².